The fourth-order valence-electron chi connectivity index (χ4n) is 1.68. The van der Waals surface area contributed by atoms with Gasteiger partial charge in [0.25, 0.3) is 0 Å². The zero-order chi connectivity index (χ0) is 14.2. The zero-order valence-electron chi connectivity index (χ0n) is 11.3. The SMILES string of the molecule is CCOC(=O)/C=C(/[Se]c1ccccc1)c1ccccc1. The van der Waals surface area contributed by atoms with Crippen LogP contribution in [0.5, 0.6) is 0 Å². The molecule has 0 N–H and O–H groups in total. The van der Waals surface area contributed by atoms with Crippen molar-refractivity contribution < 1.29 is 9.53 Å². The van der Waals surface area contributed by atoms with Crippen LogP contribution in [0.15, 0.2) is 66.7 Å². The average Bonchev–Trinajstić information content (AvgIpc) is 2.49. The van der Waals surface area contributed by atoms with Gasteiger partial charge in [0, 0.05) is 0 Å². The van der Waals surface area contributed by atoms with Crippen LogP contribution >= 0.6 is 0 Å². The van der Waals surface area contributed by atoms with Gasteiger partial charge in [0.2, 0.25) is 0 Å². The predicted octanol–water partition coefficient (Wildman–Crippen LogP) is 2.62. The minimum absolute atomic E-state index is 0.0787. The van der Waals surface area contributed by atoms with Crippen molar-refractivity contribution in [1.82, 2.24) is 0 Å². The van der Waals surface area contributed by atoms with Crippen LogP contribution in [-0.4, -0.2) is 27.5 Å². The summed E-state index contributed by atoms with van der Waals surface area (Å²) in [6, 6.07) is 20.2. The van der Waals surface area contributed by atoms with E-state index in [2.05, 4.69) is 12.1 Å². The minimum atomic E-state index is -0.274. The molecule has 0 aliphatic carbocycles. The monoisotopic (exact) mass is 332 g/mol. The number of hydrogen-bond donors (Lipinski definition) is 0. The third kappa shape index (κ3) is 4.37. The van der Waals surface area contributed by atoms with E-state index < -0.39 is 0 Å². The molecule has 2 aromatic carbocycles. The predicted molar refractivity (Wildman–Crippen MR) is 82.9 cm³/mol. The first-order chi connectivity index (χ1) is 9.79. The van der Waals surface area contributed by atoms with Crippen LogP contribution in [0.4, 0.5) is 0 Å². The van der Waals surface area contributed by atoms with Gasteiger partial charge in [0.15, 0.2) is 0 Å². The molecule has 0 amide bonds. The number of hydrogen-bond acceptors (Lipinski definition) is 2. The summed E-state index contributed by atoms with van der Waals surface area (Å²) in [6.45, 7) is 2.21. The first kappa shape index (κ1) is 14.6. The van der Waals surface area contributed by atoms with Crippen molar-refractivity contribution >= 4 is 29.9 Å². The first-order valence-electron chi connectivity index (χ1n) is 6.46. The fourth-order valence-corrected chi connectivity index (χ4v) is 3.69. The maximum absolute atomic E-state index is 11.7. The number of rotatable bonds is 5. The van der Waals surface area contributed by atoms with Gasteiger partial charge >= 0.3 is 125 Å². The molecule has 0 heterocycles. The van der Waals surface area contributed by atoms with Crippen molar-refractivity contribution in [3.8, 4) is 0 Å². The molecule has 20 heavy (non-hydrogen) atoms. The molecule has 0 radical (unpaired) electrons. The van der Waals surface area contributed by atoms with Crippen LogP contribution in [-0.2, 0) is 9.53 Å². The van der Waals surface area contributed by atoms with Crippen molar-refractivity contribution in [2.24, 2.45) is 0 Å². The second-order valence-electron chi connectivity index (χ2n) is 4.04. The standard InChI is InChI=1S/C17H16O2Se/c1-2-19-17(18)13-16(14-9-5-3-6-10-14)20-15-11-7-4-8-12-15/h3-13H,2H2,1H3/b16-13+. The van der Waals surface area contributed by atoms with E-state index in [4.69, 9.17) is 4.74 Å². The molecular weight excluding hydrogens is 315 g/mol. The van der Waals surface area contributed by atoms with E-state index in [1.807, 2.05) is 55.5 Å². The summed E-state index contributed by atoms with van der Waals surface area (Å²) in [5, 5.41) is 0. The Kier molecular flexibility index (Phi) is 5.60. The molecule has 0 aromatic heterocycles. The number of benzene rings is 2. The Morgan fingerprint density at radius 2 is 1.65 bits per heavy atom. The number of esters is 1. The van der Waals surface area contributed by atoms with Crippen LogP contribution in [0.25, 0.3) is 4.47 Å². The Bertz CT molecular complexity index is 576. The molecule has 0 spiro atoms. The van der Waals surface area contributed by atoms with Crippen molar-refractivity contribution in [2.45, 2.75) is 6.92 Å². The Morgan fingerprint density at radius 3 is 2.25 bits per heavy atom. The summed E-state index contributed by atoms with van der Waals surface area (Å²) in [5.74, 6) is -0.274. The van der Waals surface area contributed by atoms with E-state index in [9.17, 15) is 4.79 Å². The van der Waals surface area contributed by atoms with E-state index in [1.54, 1.807) is 6.08 Å². The Balaban J connectivity index is 2.27. The molecule has 0 saturated heterocycles. The van der Waals surface area contributed by atoms with Crippen LogP contribution < -0.4 is 4.46 Å². The van der Waals surface area contributed by atoms with Crippen molar-refractivity contribution in [1.29, 1.82) is 0 Å². The molecule has 3 heteroatoms. The summed E-state index contributed by atoms with van der Waals surface area (Å²) >= 11 is 0.0787. The van der Waals surface area contributed by atoms with Crippen molar-refractivity contribution in [2.75, 3.05) is 6.61 Å². The van der Waals surface area contributed by atoms with E-state index in [0.29, 0.717) is 6.61 Å². The molecule has 0 fully saturated rings. The Morgan fingerprint density at radius 1 is 1.05 bits per heavy atom. The van der Waals surface area contributed by atoms with Crippen molar-refractivity contribution in [3.63, 3.8) is 0 Å². The van der Waals surface area contributed by atoms with E-state index in [-0.39, 0.29) is 20.9 Å². The van der Waals surface area contributed by atoms with E-state index in [0.717, 1.165) is 10.0 Å². The summed E-state index contributed by atoms with van der Waals surface area (Å²) in [7, 11) is 0. The third-order valence-corrected chi connectivity index (χ3v) is 4.83. The van der Waals surface area contributed by atoms with Gasteiger partial charge in [-0.05, 0) is 0 Å². The molecule has 0 saturated carbocycles. The van der Waals surface area contributed by atoms with Crippen LogP contribution in [0, 0.1) is 0 Å². The normalized spacial score (nSPS) is 11.2. The van der Waals surface area contributed by atoms with Gasteiger partial charge < -0.3 is 0 Å². The summed E-state index contributed by atoms with van der Waals surface area (Å²) in [6.07, 6.45) is 1.62. The zero-order valence-corrected chi connectivity index (χ0v) is 13.0. The molecule has 2 rings (SSSR count). The number of carbonyl (C=O) groups excluding carboxylic acids is 1. The molecule has 102 valence electrons. The van der Waals surface area contributed by atoms with Gasteiger partial charge in [-0.25, -0.2) is 0 Å². The maximum atomic E-state index is 11.7. The van der Waals surface area contributed by atoms with Crippen LogP contribution in [0.3, 0.4) is 0 Å². The molecular formula is C17H16O2Se. The fraction of sp³-hybridized carbons (Fsp3) is 0.118. The van der Waals surface area contributed by atoms with E-state index in [1.165, 1.54) is 4.46 Å². The van der Waals surface area contributed by atoms with Crippen LogP contribution in [0.1, 0.15) is 12.5 Å². The Labute approximate surface area is 125 Å². The number of carbonyl (C=O) groups is 1. The van der Waals surface area contributed by atoms with Gasteiger partial charge in [0.05, 0.1) is 0 Å². The van der Waals surface area contributed by atoms with Gasteiger partial charge in [-0.15, -0.1) is 0 Å². The molecule has 0 unspecified atom stereocenters. The molecule has 0 aliphatic rings. The van der Waals surface area contributed by atoms with E-state index >= 15 is 0 Å². The number of ether oxygens (including phenoxy) is 1. The third-order valence-electron chi connectivity index (χ3n) is 2.56. The quantitative estimate of drug-likeness (QED) is 0.478. The summed E-state index contributed by atoms with van der Waals surface area (Å²) in [5.41, 5.74) is 1.07. The van der Waals surface area contributed by atoms with Crippen LogP contribution in [0.2, 0.25) is 0 Å². The first-order valence-corrected chi connectivity index (χ1v) is 8.17. The second-order valence-corrected chi connectivity index (χ2v) is 6.38. The molecule has 2 aromatic rings. The topological polar surface area (TPSA) is 26.3 Å². The average molecular weight is 331 g/mol. The Hall–Kier alpha value is -1.83. The molecule has 0 bridgehead atoms. The summed E-state index contributed by atoms with van der Waals surface area (Å²) < 4.78 is 7.29. The van der Waals surface area contributed by atoms with Gasteiger partial charge in [-0.2, -0.15) is 0 Å². The summed E-state index contributed by atoms with van der Waals surface area (Å²) in [4.78, 5) is 11.7. The molecule has 2 nitrogen and oxygen atoms in total. The van der Waals surface area contributed by atoms with Gasteiger partial charge in [-0.3, -0.25) is 0 Å². The van der Waals surface area contributed by atoms with Gasteiger partial charge in [0.1, 0.15) is 0 Å². The second kappa shape index (κ2) is 7.68. The molecule has 0 atom stereocenters. The van der Waals surface area contributed by atoms with Gasteiger partial charge in [-0.1, -0.05) is 0 Å². The molecule has 0 aliphatic heterocycles. The van der Waals surface area contributed by atoms with Crippen molar-refractivity contribution in [3.05, 3.63) is 72.3 Å².